The molecule has 3 aromatic heterocycles. The Hall–Kier alpha value is -3.23. The van der Waals surface area contributed by atoms with Gasteiger partial charge in [0.2, 0.25) is 5.95 Å². The van der Waals surface area contributed by atoms with Crippen molar-refractivity contribution in [3.05, 3.63) is 35.8 Å². The number of fused-ring (bicyclic) bond motifs is 1. The number of aromatic nitrogens is 4. The molecule has 0 bridgehead atoms. The van der Waals surface area contributed by atoms with Crippen LogP contribution in [0.15, 0.2) is 24.7 Å². The summed E-state index contributed by atoms with van der Waals surface area (Å²) in [4.78, 5) is 17.8. The van der Waals surface area contributed by atoms with E-state index >= 15 is 0 Å². The molecule has 0 aromatic carbocycles. The van der Waals surface area contributed by atoms with Crippen LogP contribution in [-0.2, 0) is 10.9 Å². The van der Waals surface area contributed by atoms with Crippen molar-refractivity contribution in [3.63, 3.8) is 0 Å². The van der Waals surface area contributed by atoms with E-state index in [0.717, 1.165) is 31.9 Å². The summed E-state index contributed by atoms with van der Waals surface area (Å²) in [6, 6.07) is 3.08. The van der Waals surface area contributed by atoms with Gasteiger partial charge in [0.05, 0.1) is 36.2 Å². The second kappa shape index (κ2) is 9.33. The van der Waals surface area contributed by atoms with Crippen molar-refractivity contribution >= 4 is 17.0 Å². The van der Waals surface area contributed by atoms with Gasteiger partial charge in [-0.2, -0.15) is 18.4 Å². The molecule has 1 aliphatic rings. The molecule has 0 amide bonds. The van der Waals surface area contributed by atoms with Crippen LogP contribution in [0.5, 0.6) is 0 Å². The van der Waals surface area contributed by atoms with E-state index < -0.39 is 11.7 Å². The topological polar surface area (TPSA) is 103 Å². The summed E-state index contributed by atoms with van der Waals surface area (Å²) in [5.41, 5.74) is 0.179. The maximum atomic E-state index is 13.2. The molecule has 8 nitrogen and oxygen atoms in total. The lowest BCUT2D eigenvalue weighted by Gasteiger charge is -2.32. The number of pyridine rings is 1. The summed E-state index contributed by atoms with van der Waals surface area (Å²) in [6.07, 6.45) is -0.856. The first kappa shape index (κ1) is 22.9. The van der Waals surface area contributed by atoms with Crippen LogP contribution < -0.4 is 5.32 Å². The molecule has 1 aliphatic heterocycles. The van der Waals surface area contributed by atoms with Crippen LogP contribution in [-0.4, -0.2) is 63.7 Å². The molecule has 0 radical (unpaired) electrons. The normalized spacial score (nSPS) is 16.2. The van der Waals surface area contributed by atoms with Gasteiger partial charge in [-0.3, -0.25) is 4.90 Å². The molecule has 4 heterocycles. The zero-order valence-electron chi connectivity index (χ0n) is 18.3. The lowest BCUT2D eigenvalue weighted by atomic mass is 10.0. The highest BCUT2D eigenvalue weighted by molar-refractivity contribution is 5.94. The van der Waals surface area contributed by atoms with Crippen LogP contribution in [0.4, 0.5) is 19.1 Å². The van der Waals surface area contributed by atoms with Crippen LogP contribution in [0.1, 0.15) is 25.0 Å². The summed E-state index contributed by atoms with van der Waals surface area (Å²) < 4.78 is 45.1. The second-order valence-corrected chi connectivity index (χ2v) is 8.30. The Bertz CT molecular complexity index is 1160. The molecular formula is C22H24F3N7O. The van der Waals surface area contributed by atoms with E-state index in [1.165, 1.54) is 12.4 Å². The third-order valence-electron chi connectivity index (χ3n) is 5.70. The number of aromatic amines is 1. The Balaban J connectivity index is 1.68. The number of hydrogen-bond donors (Lipinski definition) is 2. The molecule has 174 valence electrons. The van der Waals surface area contributed by atoms with Gasteiger partial charge in [-0.1, -0.05) is 13.8 Å². The van der Waals surface area contributed by atoms with Crippen molar-refractivity contribution < 1.29 is 17.9 Å². The molecule has 3 aromatic rings. The number of alkyl halides is 3. The number of anilines is 1. The van der Waals surface area contributed by atoms with Crippen molar-refractivity contribution in [1.29, 1.82) is 5.26 Å². The van der Waals surface area contributed by atoms with E-state index in [4.69, 9.17) is 4.74 Å². The summed E-state index contributed by atoms with van der Waals surface area (Å²) in [5, 5.41) is 13.2. The lowest BCUT2D eigenvalue weighted by Crippen LogP contribution is -2.45. The van der Waals surface area contributed by atoms with Gasteiger partial charge in [0.1, 0.15) is 11.7 Å². The van der Waals surface area contributed by atoms with Gasteiger partial charge in [-0.25, -0.2) is 15.0 Å². The largest absolute Gasteiger partial charge is 0.417 e. The SMILES string of the molecule is CC(C)[C@H](CN1CCOCC1)Nc1ncc(C#N)c(-c2c[nH]c3ncc(C(F)(F)F)cc23)n1. The summed E-state index contributed by atoms with van der Waals surface area (Å²) in [6.45, 7) is 8.02. The zero-order valence-corrected chi connectivity index (χ0v) is 18.3. The van der Waals surface area contributed by atoms with E-state index in [0.29, 0.717) is 24.7 Å². The number of morpholine rings is 1. The monoisotopic (exact) mass is 459 g/mol. The minimum absolute atomic E-state index is 0.0327. The first-order valence-electron chi connectivity index (χ1n) is 10.6. The van der Waals surface area contributed by atoms with Crippen molar-refractivity contribution in [2.75, 3.05) is 38.2 Å². The van der Waals surface area contributed by atoms with Gasteiger partial charge in [-0.15, -0.1) is 0 Å². The van der Waals surface area contributed by atoms with Gasteiger partial charge >= 0.3 is 6.18 Å². The smallest absolute Gasteiger partial charge is 0.379 e. The van der Waals surface area contributed by atoms with Crippen LogP contribution in [0.3, 0.4) is 0 Å². The van der Waals surface area contributed by atoms with E-state index in [1.54, 1.807) is 0 Å². The summed E-state index contributed by atoms with van der Waals surface area (Å²) >= 11 is 0. The predicted octanol–water partition coefficient (Wildman–Crippen LogP) is 3.68. The predicted molar refractivity (Wildman–Crippen MR) is 116 cm³/mol. The molecule has 11 heteroatoms. The first-order valence-corrected chi connectivity index (χ1v) is 10.6. The van der Waals surface area contributed by atoms with Crippen LogP contribution in [0.25, 0.3) is 22.3 Å². The number of halogens is 3. The number of hydrogen-bond acceptors (Lipinski definition) is 7. The Morgan fingerprint density at radius 2 is 2.00 bits per heavy atom. The third kappa shape index (κ3) is 5.07. The Morgan fingerprint density at radius 3 is 2.67 bits per heavy atom. The van der Waals surface area contributed by atoms with Gasteiger partial charge in [-0.05, 0) is 12.0 Å². The highest BCUT2D eigenvalue weighted by Gasteiger charge is 2.32. The minimum Gasteiger partial charge on any atom is -0.379 e. The molecule has 0 unspecified atom stereocenters. The van der Waals surface area contributed by atoms with Gasteiger partial charge in [0.15, 0.2) is 0 Å². The number of nitrogens with one attached hydrogen (secondary N) is 2. The Labute approximate surface area is 188 Å². The average molecular weight is 459 g/mol. The number of ether oxygens (including phenoxy) is 1. The lowest BCUT2D eigenvalue weighted by molar-refractivity contribution is -0.137. The second-order valence-electron chi connectivity index (χ2n) is 8.30. The van der Waals surface area contributed by atoms with Crippen molar-refractivity contribution in [1.82, 2.24) is 24.8 Å². The van der Waals surface area contributed by atoms with E-state index in [-0.39, 0.29) is 34.3 Å². The molecule has 33 heavy (non-hydrogen) atoms. The molecule has 1 saturated heterocycles. The van der Waals surface area contributed by atoms with Crippen LogP contribution >= 0.6 is 0 Å². The first-order chi connectivity index (χ1) is 15.8. The van der Waals surface area contributed by atoms with E-state index in [9.17, 15) is 18.4 Å². The van der Waals surface area contributed by atoms with Gasteiger partial charge in [0.25, 0.3) is 0 Å². The minimum atomic E-state index is -4.53. The van der Waals surface area contributed by atoms with Crippen LogP contribution in [0, 0.1) is 17.2 Å². The highest BCUT2D eigenvalue weighted by Crippen LogP contribution is 2.34. The fourth-order valence-corrected chi connectivity index (χ4v) is 3.74. The average Bonchev–Trinajstić information content (AvgIpc) is 3.22. The third-order valence-corrected chi connectivity index (χ3v) is 5.70. The van der Waals surface area contributed by atoms with Gasteiger partial charge in [0, 0.05) is 49.0 Å². The van der Waals surface area contributed by atoms with Crippen molar-refractivity contribution in [2.45, 2.75) is 26.1 Å². The fourth-order valence-electron chi connectivity index (χ4n) is 3.74. The highest BCUT2D eigenvalue weighted by atomic mass is 19.4. The fraction of sp³-hybridized carbons (Fsp3) is 0.455. The molecule has 1 fully saturated rings. The maximum absolute atomic E-state index is 13.2. The van der Waals surface area contributed by atoms with Gasteiger partial charge < -0.3 is 15.0 Å². The molecule has 0 saturated carbocycles. The number of rotatable bonds is 6. The molecule has 1 atom stereocenters. The van der Waals surface area contributed by atoms with Crippen LogP contribution in [0.2, 0.25) is 0 Å². The van der Waals surface area contributed by atoms with Crippen molar-refractivity contribution in [3.8, 4) is 17.3 Å². The summed E-state index contributed by atoms with van der Waals surface area (Å²) in [5.74, 6) is 0.576. The standard InChI is InChI=1S/C22H24F3N7O/c1-13(2)18(12-32-3-5-33-6-4-32)30-21-29-9-14(8-26)19(31-21)17-11-28-20-16(17)7-15(10-27-20)22(23,24)25/h7,9-11,13,18H,3-6,12H2,1-2H3,(H,27,28)(H,29,30,31)/t18-/m0/s1. The molecule has 4 rings (SSSR count). The maximum Gasteiger partial charge on any atom is 0.417 e. The number of nitriles is 1. The molecule has 2 N–H and O–H groups in total. The zero-order chi connectivity index (χ0) is 23.6. The summed E-state index contributed by atoms with van der Waals surface area (Å²) in [7, 11) is 0. The quantitative estimate of drug-likeness (QED) is 0.580. The van der Waals surface area contributed by atoms with Crippen molar-refractivity contribution in [2.24, 2.45) is 5.92 Å². The molecular weight excluding hydrogens is 435 g/mol. The van der Waals surface area contributed by atoms with E-state index in [1.807, 2.05) is 6.07 Å². The number of H-pyrrole nitrogens is 1. The van der Waals surface area contributed by atoms with E-state index in [2.05, 4.69) is 44.0 Å². The number of nitrogens with zero attached hydrogens (tertiary/aromatic N) is 5. The Kier molecular flexibility index (Phi) is 6.49. The Morgan fingerprint density at radius 1 is 1.24 bits per heavy atom. The molecule has 0 spiro atoms. The molecule has 0 aliphatic carbocycles.